The maximum absolute atomic E-state index is 10.5. The summed E-state index contributed by atoms with van der Waals surface area (Å²) in [7, 11) is 0. The van der Waals surface area contributed by atoms with Crippen LogP contribution in [0.15, 0.2) is 18.2 Å². The Hall–Kier alpha value is -1.48. The van der Waals surface area contributed by atoms with Gasteiger partial charge < -0.3 is 0 Å². The fourth-order valence-electron chi connectivity index (χ4n) is 1.35. The third-order valence-corrected chi connectivity index (χ3v) is 2.30. The second kappa shape index (κ2) is 3.35. The summed E-state index contributed by atoms with van der Waals surface area (Å²) >= 11 is 5.95. The molecule has 0 atom stereocenters. The van der Waals surface area contributed by atoms with E-state index < -0.39 is 0 Å². The van der Waals surface area contributed by atoms with Crippen LogP contribution in [0.2, 0.25) is 5.02 Å². The van der Waals surface area contributed by atoms with Gasteiger partial charge >= 0.3 is 0 Å². The fourth-order valence-corrected chi connectivity index (χ4v) is 1.56. The van der Waals surface area contributed by atoms with E-state index in [2.05, 4.69) is 9.97 Å². The summed E-state index contributed by atoms with van der Waals surface area (Å²) in [6.45, 7) is 1.83. The zero-order chi connectivity index (χ0) is 10.1. The van der Waals surface area contributed by atoms with E-state index in [0.29, 0.717) is 16.8 Å². The van der Waals surface area contributed by atoms with Gasteiger partial charge in [-0.3, -0.25) is 4.79 Å². The maximum atomic E-state index is 10.5. The molecule has 0 unspecified atom stereocenters. The number of aryl methyl sites for hydroxylation is 1. The van der Waals surface area contributed by atoms with Crippen LogP contribution in [0.3, 0.4) is 0 Å². The van der Waals surface area contributed by atoms with Gasteiger partial charge in [-0.2, -0.15) is 0 Å². The molecule has 2 rings (SSSR count). The summed E-state index contributed by atoms with van der Waals surface area (Å²) in [5, 5.41) is 1.42. The average Bonchev–Trinajstić information content (AvgIpc) is 2.19. The number of halogens is 1. The first-order chi connectivity index (χ1) is 6.72. The minimum absolute atomic E-state index is 0.170. The molecular formula is C10H7ClN2O. The number of para-hydroxylation sites is 1. The van der Waals surface area contributed by atoms with Crippen LogP contribution in [0.5, 0.6) is 0 Å². The minimum Gasteiger partial charge on any atom is -0.294 e. The Morgan fingerprint density at radius 1 is 1.36 bits per heavy atom. The van der Waals surface area contributed by atoms with Gasteiger partial charge in [0, 0.05) is 11.1 Å². The Kier molecular flexibility index (Phi) is 2.17. The number of nitrogens with zero attached hydrogens (tertiary/aromatic N) is 2. The lowest BCUT2D eigenvalue weighted by Gasteiger charge is -2.02. The summed E-state index contributed by atoms with van der Waals surface area (Å²) in [6.07, 6.45) is 0.621. The van der Waals surface area contributed by atoms with Crippen molar-refractivity contribution in [3.05, 3.63) is 34.7 Å². The smallest absolute Gasteiger partial charge is 0.193 e. The molecule has 1 heterocycles. The van der Waals surface area contributed by atoms with Gasteiger partial charge in [0.25, 0.3) is 0 Å². The lowest BCUT2D eigenvalue weighted by molar-refractivity contribution is 0.111. The molecule has 4 heteroatoms. The van der Waals surface area contributed by atoms with Crippen molar-refractivity contribution in [3.63, 3.8) is 0 Å². The number of fused-ring (bicyclic) bond motifs is 1. The molecule has 0 amide bonds. The van der Waals surface area contributed by atoms with E-state index in [0.717, 1.165) is 11.1 Å². The lowest BCUT2D eigenvalue weighted by Crippen LogP contribution is -1.96. The van der Waals surface area contributed by atoms with Gasteiger partial charge in [-0.25, -0.2) is 9.97 Å². The van der Waals surface area contributed by atoms with E-state index in [4.69, 9.17) is 11.6 Å². The second-order valence-electron chi connectivity index (χ2n) is 2.92. The Balaban J connectivity index is 2.90. The first kappa shape index (κ1) is 9.09. The molecule has 0 aliphatic heterocycles. The first-order valence-corrected chi connectivity index (χ1v) is 4.48. The van der Waals surface area contributed by atoms with E-state index in [-0.39, 0.29) is 5.82 Å². The summed E-state index contributed by atoms with van der Waals surface area (Å²) in [6, 6.07) is 5.46. The largest absolute Gasteiger partial charge is 0.294 e. The number of benzene rings is 1. The third kappa shape index (κ3) is 1.36. The van der Waals surface area contributed by atoms with Crippen LogP contribution in [-0.4, -0.2) is 16.3 Å². The molecule has 0 aliphatic carbocycles. The quantitative estimate of drug-likeness (QED) is 0.673. The van der Waals surface area contributed by atoms with Crippen LogP contribution in [0.25, 0.3) is 10.9 Å². The molecule has 0 saturated carbocycles. The number of hydrogen-bond donors (Lipinski definition) is 0. The average molecular weight is 207 g/mol. The number of carbonyl (C=O) groups is 1. The Morgan fingerprint density at radius 3 is 2.86 bits per heavy atom. The van der Waals surface area contributed by atoms with Crippen molar-refractivity contribution >= 4 is 28.8 Å². The molecule has 0 fully saturated rings. The minimum atomic E-state index is 0.170. The summed E-state index contributed by atoms with van der Waals surface area (Å²) < 4.78 is 0. The zero-order valence-electron chi connectivity index (χ0n) is 7.49. The molecule has 0 saturated heterocycles. The Bertz CT molecular complexity index is 511. The van der Waals surface area contributed by atoms with Crippen molar-refractivity contribution in [2.45, 2.75) is 6.92 Å². The van der Waals surface area contributed by atoms with Gasteiger partial charge in [0.15, 0.2) is 12.1 Å². The summed E-state index contributed by atoms with van der Waals surface area (Å²) in [5.74, 6) is 0.170. The summed E-state index contributed by atoms with van der Waals surface area (Å²) in [5.41, 5.74) is 1.39. The highest BCUT2D eigenvalue weighted by Gasteiger charge is 2.05. The van der Waals surface area contributed by atoms with E-state index in [9.17, 15) is 4.79 Å². The van der Waals surface area contributed by atoms with E-state index in [1.807, 2.05) is 19.1 Å². The molecular weight excluding hydrogens is 200 g/mol. The van der Waals surface area contributed by atoms with Crippen LogP contribution in [0, 0.1) is 6.92 Å². The van der Waals surface area contributed by atoms with Gasteiger partial charge in [0.05, 0.1) is 10.5 Å². The molecule has 2 aromatic rings. The van der Waals surface area contributed by atoms with Crippen molar-refractivity contribution in [1.82, 2.24) is 9.97 Å². The standard InChI is InChI=1S/C10H7ClN2O/c1-6-7-3-2-4-8(11)10(7)13-9(5-14)12-6/h2-5H,1H3. The van der Waals surface area contributed by atoms with Gasteiger partial charge in [0.1, 0.15) is 0 Å². The molecule has 0 radical (unpaired) electrons. The van der Waals surface area contributed by atoms with Gasteiger partial charge in [0.2, 0.25) is 0 Å². The molecule has 1 aromatic carbocycles. The van der Waals surface area contributed by atoms with Crippen molar-refractivity contribution in [2.75, 3.05) is 0 Å². The fraction of sp³-hybridized carbons (Fsp3) is 0.100. The van der Waals surface area contributed by atoms with Gasteiger partial charge in [-0.1, -0.05) is 23.7 Å². The predicted molar refractivity (Wildman–Crippen MR) is 54.7 cm³/mol. The second-order valence-corrected chi connectivity index (χ2v) is 3.33. The molecule has 14 heavy (non-hydrogen) atoms. The van der Waals surface area contributed by atoms with E-state index in [1.165, 1.54) is 0 Å². The van der Waals surface area contributed by atoms with Crippen molar-refractivity contribution < 1.29 is 4.79 Å². The number of aldehydes is 1. The molecule has 0 spiro atoms. The van der Waals surface area contributed by atoms with Crippen LogP contribution in [0.4, 0.5) is 0 Å². The summed E-state index contributed by atoms with van der Waals surface area (Å²) in [4.78, 5) is 18.6. The van der Waals surface area contributed by atoms with E-state index in [1.54, 1.807) is 6.07 Å². The number of rotatable bonds is 1. The molecule has 0 N–H and O–H groups in total. The Morgan fingerprint density at radius 2 is 2.14 bits per heavy atom. The number of hydrogen-bond acceptors (Lipinski definition) is 3. The predicted octanol–water partition coefficient (Wildman–Crippen LogP) is 2.40. The highest BCUT2D eigenvalue weighted by molar-refractivity contribution is 6.35. The first-order valence-electron chi connectivity index (χ1n) is 4.10. The van der Waals surface area contributed by atoms with E-state index >= 15 is 0 Å². The van der Waals surface area contributed by atoms with Gasteiger partial charge in [-0.05, 0) is 13.0 Å². The molecule has 0 bridgehead atoms. The van der Waals surface area contributed by atoms with Gasteiger partial charge in [-0.15, -0.1) is 0 Å². The maximum Gasteiger partial charge on any atom is 0.193 e. The molecule has 0 aliphatic rings. The SMILES string of the molecule is Cc1nc(C=O)nc2c(Cl)cccc12. The third-order valence-electron chi connectivity index (χ3n) is 1.99. The van der Waals surface area contributed by atoms with Crippen LogP contribution < -0.4 is 0 Å². The van der Waals surface area contributed by atoms with Crippen LogP contribution in [0.1, 0.15) is 16.3 Å². The topological polar surface area (TPSA) is 42.9 Å². The van der Waals surface area contributed by atoms with Crippen molar-refractivity contribution in [2.24, 2.45) is 0 Å². The Labute approximate surface area is 85.7 Å². The lowest BCUT2D eigenvalue weighted by atomic mass is 10.2. The van der Waals surface area contributed by atoms with Crippen LogP contribution >= 0.6 is 11.6 Å². The van der Waals surface area contributed by atoms with Crippen molar-refractivity contribution in [1.29, 1.82) is 0 Å². The monoisotopic (exact) mass is 206 g/mol. The normalized spacial score (nSPS) is 10.4. The highest BCUT2D eigenvalue weighted by Crippen LogP contribution is 2.22. The molecule has 70 valence electrons. The number of aromatic nitrogens is 2. The van der Waals surface area contributed by atoms with Crippen LogP contribution in [-0.2, 0) is 0 Å². The zero-order valence-corrected chi connectivity index (χ0v) is 8.25. The highest BCUT2D eigenvalue weighted by atomic mass is 35.5. The molecule has 3 nitrogen and oxygen atoms in total. The molecule has 1 aromatic heterocycles. The number of carbonyl (C=O) groups excluding carboxylic acids is 1. The van der Waals surface area contributed by atoms with Crippen molar-refractivity contribution in [3.8, 4) is 0 Å².